The minimum atomic E-state index is 0.127. The zero-order valence-electron chi connectivity index (χ0n) is 10.4. The van der Waals surface area contributed by atoms with Crippen molar-refractivity contribution in [2.24, 2.45) is 0 Å². The van der Waals surface area contributed by atoms with E-state index < -0.39 is 0 Å². The summed E-state index contributed by atoms with van der Waals surface area (Å²) in [5, 5.41) is 11.6. The molecule has 4 nitrogen and oxygen atoms in total. The van der Waals surface area contributed by atoms with E-state index in [0.29, 0.717) is 11.8 Å². The summed E-state index contributed by atoms with van der Waals surface area (Å²) in [6, 6.07) is 3.85. The Hall–Kier alpha value is -0.910. The molecule has 1 atom stereocenters. The Balaban J connectivity index is 2.13. The number of halogens is 1. The SMILES string of the molecule is CCCNC(CC)c1nnc(-c2ccc(Cl)s2)o1. The molecule has 1 N–H and O–H groups in total. The Morgan fingerprint density at radius 2 is 2.22 bits per heavy atom. The predicted molar refractivity (Wildman–Crippen MR) is 73.9 cm³/mol. The van der Waals surface area contributed by atoms with E-state index in [2.05, 4.69) is 29.4 Å². The van der Waals surface area contributed by atoms with Crippen molar-refractivity contribution in [3.05, 3.63) is 22.4 Å². The fourth-order valence-electron chi connectivity index (χ4n) is 1.63. The first kappa shape index (κ1) is 13.5. The molecule has 0 aliphatic rings. The summed E-state index contributed by atoms with van der Waals surface area (Å²) >= 11 is 7.33. The lowest BCUT2D eigenvalue weighted by atomic mass is 10.2. The van der Waals surface area contributed by atoms with E-state index in [1.807, 2.05) is 12.1 Å². The third-order valence-electron chi connectivity index (χ3n) is 2.57. The molecule has 2 aromatic heterocycles. The summed E-state index contributed by atoms with van der Waals surface area (Å²) in [5.41, 5.74) is 0. The van der Waals surface area contributed by atoms with E-state index in [-0.39, 0.29) is 6.04 Å². The Bertz CT molecular complexity index is 497. The summed E-state index contributed by atoms with van der Waals surface area (Å²) in [7, 11) is 0. The van der Waals surface area contributed by atoms with Gasteiger partial charge in [0, 0.05) is 0 Å². The molecule has 0 spiro atoms. The maximum absolute atomic E-state index is 5.89. The molecule has 6 heteroatoms. The van der Waals surface area contributed by atoms with Crippen LogP contribution in [-0.4, -0.2) is 16.7 Å². The molecule has 0 amide bonds. The number of nitrogens with one attached hydrogen (secondary N) is 1. The van der Waals surface area contributed by atoms with Crippen molar-refractivity contribution in [2.45, 2.75) is 32.7 Å². The first-order valence-electron chi connectivity index (χ1n) is 6.07. The van der Waals surface area contributed by atoms with Gasteiger partial charge in [0.25, 0.3) is 5.89 Å². The summed E-state index contributed by atoms with van der Waals surface area (Å²) < 4.78 is 6.42. The number of rotatable bonds is 6. The van der Waals surface area contributed by atoms with Gasteiger partial charge in [-0.3, -0.25) is 0 Å². The molecule has 0 saturated heterocycles. The largest absolute Gasteiger partial charge is 0.418 e. The highest BCUT2D eigenvalue weighted by atomic mass is 35.5. The van der Waals surface area contributed by atoms with Gasteiger partial charge < -0.3 is 9.73 Å². The van der Waals surface area contributed by atoms with E-state index in [4.69, 9.17) is 16.0 Å². The summed E-state index contributed by atoms with van der Waals surface area (Å²) in [6.45, 7) is 5.17. The van der Waals surface area contributed by atoms with Crippen LogP contribution < -0.4 is 5.32 Å². The van der Waals surface area contributed by atoms with Crippen LogP contribution in [0.5, 0.6) is 0 Å². The van der Waals surface area contributed by atoms with Crippen LogP contribution in [0.4, 0.5) is 0 Å². The van der Waals surface area contributed by atoms with E-state index in [0.717, 1.165) is 28.6 Å². The average Bonchev–Trinajstić information content (AvgIpc) is 2.99. The average molecular weight is 286 g/mol. The highest BCUT2D eigenvalue weighted by Crippen LogP contribution is 2.31. The summed E-state index contributed by atoms with van der Waals surface area (Å²) in [4.78, 5) is 0.907. The fraction of sp³-hybridized carbons (Fsp3) is 0.500. The zero-order chi connectivity index (χ0) is 13.0. The Morgan fingerprint density at radius 3 is 2.83 bits per heavy atom. The van der Waals surface area contributed by atoms with Gasteiger partial charge in [-0.2, -0.15) is 0 Å². The van der Waals surface area contributed by atoms with Crippen LogP contribution in [0.3, 0.4) is 0 Å². The molecule has 0 saturated carbocycles. The van der Waals surface area contributed by atoms with E-state index in [9.17, 15) is 0 Å². The van der Waals surface area contributed by atoms with Crippen molar-refractivity contribution in [3.63, 3.8) is 0 Å². The molecule has 0 aliphatic heterocycles. The molecule has 0 radical (unpaired) electrons. The molecule has 0 bridgehead atoms. The molecule has 1 unspecified atom stereocenters. The molecule has 0 aliphatic carbocycles. The van der Waals surface area contributed by atoms with Crippen LogP contribution in [-0.2, 0) is 0 Å². The number of hydrogen-bond donors (Lipinski definition) is 1. The monoisotopic (exact) mass is 285 g/mol. The molecular formula is C12H16ClN3OS. The third kappa shape index (κ3) is 3.10. The van der Waals surface area contributed by atoms with E-state index >= 15 is 0 Å². The first-order valence-corrected chi connectivity index (χ1v) is 7.26. The predicted octanol–water partition coefficient (Wildman–Crippen LogP) is 3.90. The molecule has 0 aromatic carbocycles. The standard InChI is InChI=1S/C12H16ClN3OS/c1-3-7-14-8(4-2)11-15-16-12(17-11)9-5-6-10(13)18-9/h5-6,8,14H,3-4,7H2,1-2H3. The molecule has 0 fully saturated rings. The lowest BCUT2D eigenvalue weighted by molar-refractivity contribution is 0.396. The van der Waals surface area contributed by atoms with Gasteiger partial charge in [-0.05, 0) is 31.5 Å². The minimum Gasteiger partial charge on any atom is -0.418 e. The number of hydrogen-bond acceptors (Lipinski definition) is 5. The van der Waals surface area contributed by atoms with Crippen LogP contribution in [0.2, 0.25) is 4.34 Å². The highest BCUT2D eigenvalue weighted by molar-refractivity contribution is 7.19. The van der Waals surface area contributed by atoms with Crippen molar-refractivity contribution in [2.75, 3.05) is 6.54 Å². The van der Waals surface area contributed by atoms with Gasteiger partial charge >= 0.3 is 0 Å². The highest BCUT2D eigenvalue weighted by Gasteiger charge is 2.17. The molecule has 2 aromatic rings. The van der Waals surface area contributed by atoms with Crippen molar-refractivity contribution in [1.82, 2.24) is 15.5 Å². The van der Waals surface area contributed by atoms with Crippen LogP contribution in [0.15, 0.2) is 16.5 Å². The topological polar surface area (TPSA) is 51.0 Å². The summed E-state index contributed by atoms with van der Waals surface area (Å²) in [6.07, 6.45) is 2.00. The van der Waals surface area contributed by atoms with Crippen LogP contribution in [0.1, 0.15) is 38.6 Å². The second-order valence-electron chi connectivity index (χ2n) is 3.96. The van der Waals surface area contributed by atoms with Crippen molar-refractivity contribution < 1.29 is 4.42 Å². The maximum Gasteiger partial charge on any atom is 0.257 e. The van der Waals surface area contributed by atoms with Gasteiger partial charge in [-0.25, -0.2) is 0 Å². The Labute approximate surface area is 115 Å². The number of thiophene rings is 1. The molecule has 2 heterocycles. The van der Waals surface area contributed by atoms with Gasteiger partial charge in [0.2, 0.25) is 5.89 Å². The molecule has 98 valence electrons. The number of nitrogens with zero attached hydrogens (tertiary/aromatic N) is 2. The lowest BCUT2D eigenvalue weighted by Crippen LogP contribution is -2.21. The zero-order valence-corrected chi connectivity index (χ0v) is 12.0. The fourth-order valence-corrected chi connectivity index (χ4v) is 2.59. The van der Waals surface area contributed by atoms with Gasteiger partial charge in [0.05, 0.1) is 15.3 Å². The maximum atomic E-state index is 5.89. The van der Waals surface area contributed by atoms with Gasteiger partial charge in [-0.15, -0.1) is 21.5 Å². The minimum absolute atomic E-state index is 0.127. The van der Waals surface area contributed by atoms with Crippen LogP contribution in [0, 0.1) is 0 Å². The number of aromatic nitrogens is 2. The lowest BCUT2D eigenvalue weighted by Gasteiger charge is -2.11. The second-order valence-corrected chi connectivity index (χ2v) is 5.68. The van der Waals surface area contributed by atoms with Gasteiger partial charge in [-0.1, -0.05) is 25.4 Å². The molecule has 2 rings (SSSR count). The van der Waals surface area contributed by atoms with Crippen molar-refractivity contribution in [3.8, 4) is 10.8 Å². The quantitative estimate of drug-likeness (QED) is 0.874. The normalized spacial score (nSPS) is 12.8. The van der Waals surface area contributed by atoms with Gasteiger partial charge in [0.15, 0.2) is 0 Å². The Kier molecular flexibility index (Phi) is 4.74. The third-order valence-corrected chi connectivity index (χ3v) is 3.79. The van der Waals surface area contributed by atoms with E-state index in [1.165, 1.54) is 11.3 Å². The molecule has 18 heavy (non-hydrogen) atoms. The molecular weight excluding hydrogens is 270 g/mol. The van der Waals surface area contributed by atoms with Crippen LogP contribution >= 0.6 is 22.9 Å². The van der Waals surface area contributed by atoms with Crippen LogP contribution in [0.25, 0.3) is 10.8 Å². The first-order chi connectivity index (χ1) is 8.74. The Morgan fingerprint density at radius 1 is 1.39 bits per heavy atom. The van der Waals surface area contributed by atoms with Gasteiger partial charge in [0.1, 0.15) is 0 Å². The second kappa shape index (κ2) is 6.31. The summed E-state index contributed by atoms with van der Waals surface area (Å²) in [5.74, 6) is 1.18. The van der Waals surface area contributed by atoms with Crippen molar-refractivity contribution in [1.29, 1.82) is 0 Å². The van der Waals surface area contributed by atoms with Crippen molar-refractivity contribution >= 4 is 22.9 Å². The smallest absolute Gasteiger partial charge is 0.257 e. The van der Waals surface area contributed by atoms with E-state index in [1.54, 1.807) is 0 Å².